The van der Waals surface area contributed by atoms with Gasteiger partial charge in [-0.1, -0.05) is 6.92 Å². The van der Waals surface area contributed by atoms with Gasteiger partial charge < -0.3 is 10.6 Å². The summed E-state index contributed by atoms with van der Waals surface area (Å²) < 4.78 is 50.7. The Bertz CT molecular complexity index is 474. The first-order chi connectivity index (χ1) is 9.24. The van der Waals surface area contributed by atoms with Crippen LogP contribution in [-0.4, -0.2) is 25.0 Å². The summed E-state index contributed by atoms with van der Waals surface area (Å²) in [6, 6.07) is 1.75. The number of alkyl halides is 3. The molecule has 0 aliphatic heterocycles. The van der Waals surface area contributed by atoms with E-state index in [1.807, 2.05) is 13.8 Å². The van der Waals surface area contributed by atoms with Crippen LogP contribution in [0.5, 0.6) is 0 Å². The highest BCUT2D eigenvalue weighted by atomic mass is 19.4. The van der Waals surface area contributed by atoms with Crippen LogP contribution >= 0.6 is 0 Å². The van der Waals surface area contributed by atoms with Crippen molar-refractivity contribution in [2.75, 3.05) is 13.1 Å². The first kappa shape index (κ1) is 16.4. The summed E-state index contributed by atoms with van der Waals surface area (Å²) in [6.45, 7) is 4.65. The van der Waals surface area contributed by atoms with Crippen LogP contribution in [0.3, 0.4) is 0 Å². The van der Waals surface area contributed by atoms with E-state index in [4.69, 9.17) is 0 Å². The molecular weight excluding hydrogens is 276 g/mol. The van der Waals surface area contributed by atoms with Crippen molar-refractivity contribution >= 4 is 5.91 Å². The summed E-state index contributed by atoms with van der Waals surface area (Å²) in [6.07, 6.45) is -4.69. The van der Waals surface area contributed by atoms with Gasteiger partial charge in [0, 0.05) is 18.2 Å². The van der Waals surface area contributed by atoms with Gasteiger partial charge in [-0.05, 0) is 31.7 Å². The molecule has 1 atom stereocenters. The van der Waals surface area contributed by atoms with Crippen LogP contribution in [0.2, 0.25) is 0 Å². The highest BCUT2D eigenvalue weighted by Crippen LogP contribution is 2.30. The van der Waals surface area contributed by atoms with Crippen LogP contribution in [0, 0.1) is 5.82 Å². The van der Waals surface area contributed by atoms with E-state index in [-0.39, 0.29) is 18.2 Å². The smallest absolute Gasteiger partial charge is 0.350 e. The largest absolute Gasteiger partial charge is 0.416 e. The molecule has 0 radical (unpaired) electrons. The molecular formula is C13H16F4N2O. The molecule has 1 amide bonds. The molecule has 0 aliphatic carbocycles. The highest BCUT2D eigenvalue weighted by molar-refractivity contribution is 5.94. The van der Waals surface area contributed by atoms with Crippen LogP contribution in [0.4, 0.5) is 17.6 Å². The zero-order valence-electron chi connectivity index (χ0n) is 11.1. The average Bonchev–Trinajstić information content (AvgIpc) is 2.34. The molecule has 0 aromatic heterocycles. The summed E-state index contributed by atoms with van der Waals surface area (Å²) >= 11 is 0. The lowest BCUT2D eigenvalue weighted by atomic mass is 10.1. The fraction of sp³-hybridized carbons (Fsp3) is 0.462. The molecule has 0 spiro atoms. The average molecular weight is 292 g/mol. The van der Waals surface area contributed by atoms with Crippen molar-refractivity contribution in [2.45, 2.75) is 26.1 Å². The number of hydrogen-bond donors (Lipinski definition) is 2. The Morgan fingerprint density at radius 1 is 1.30 bits per heavy atom. The lowest BCUT2D eigenvalue weighted by molar-refractivity contribution is -0.137. The summed E-state index contributed by atoms with van der Waals surface area (Å²) in [4.78, 5) is 11.7. The van der Waals surface area contributed by atoms with Crippen molar-refractivity contribution in [1.29, 1.82) is 0 Å². The SMILES string of the molecule is CCN[C@H](C)CNC(=O)c1cc(F)cc(C(F)(F)F)c1. The normalized spacial score (nSPS) is 13.1. The maximum atomic E-state index is 13.1. The molecule has 0 unspecified atom stereocenters. The second kappa shape index (κ2) is 6.69. The molecule has 1 aromatic rings. The second-order valence-corrected chi connectivity index (χ2v) is 4.40. The molecule has 3 nitrogen and oxygen atoms in total. The first-order valence-electron chi connectivity index (χ1n) is 6.13. The molecule has 2 N–H and O–H groups in total. The number of benzene rings is 1. The molecule has 0 heterocycles. The lowest BCUT2D eigenvalue weighted by Crippen LogP contribution is -2.38. The van der Waals surface area contributed by atoms with Crippen molar-refractivity contribution in [3.63, 3.8) is 0 Å². The van der Waals surface area contributed by atoms with Gasteiger partial charge in [-0.15, -0.1) is 0 Å². The Hall–Kier alpha value is -1.63. The molecule has 1 aromatic carbocycles. The van der Waals surface area contributed by atoms with E-state index in [0.717, 1.165) is 6.07 Å². The van der Waals surface area contributed by atoms with Crippen molar-refractivity contribution < 1.29 is 22.4 Å². The Labute approximate surface area is 114 Å². The monoisotopic (exact) mass is 292 g/mol. The molecule has 1 rings (SSSR count). The minimum absolute atomic E-state index is 0.0282. The van der Waals surface area contributed by atoms with Gasteiger partial charge >= 0.3 is 6.18 Å². The molecule has 0 saturated carbocycles. The molecule has 112 valence electrons. The number of hydrogen-bond acceptors (Lipinski definition) is 2. The van der Waals surface area contributed by atoms with E-state index in [9.17, 15) is 22.4 Å². The molecule has 0 bridgehead atoms. The van der Waals surface area contributed by atoms with Crippen LogP contribution in [0.1, 0.15) is 29.8 Å². The van der Waals surface area contributed by atoms with Crippen LogP contribution in [0.15, 0.2) is 18.2 Å². The van der Waals surface area contributed by atoms with Gasteiger partial charge in [-0.3, -0.25) is 4.79 Å². The summed E-state index contributed by atoms with van der Waals surface area (Å²) in [5.74, 6) is -1.83. The zero-order chi connectivity index (χ0) is 15.3. The van der Waals surface area contributed by atoms with Gasteiger partial charge in [-0.2, -0.15) is 13.2 Å². The lowest BCUT2D eigenvalue weighted by Gasteiger charge is -2.14. The zero-order valence-corrected chi connectivity index (χ0v) is 11.1. The summed E-state index contributed by atoms with van der Waals surface area (Å²) in [7, 11) is 0. The van der Waals surface area contributed by atoms with Gasteiger partial charge in [0.25, 0.3) is 5.91 Å². The van der Waals surface area contributed by atoms with Gasteiger partial charge in [0.05, 0.1) is 5.56 Å². The second-order valence-electron chi connectivity index (χ2n) is 4.40. The Morgan fingerprint density at radius 2 is 1.95 bits per heavy atom. The van der Waals surface area contributed by atoms with E-state index in [2.05, 4.69) is 10.6 Å². The topological polar surface area (TPSA) is 41.1 Å². The number of rotatable bonds is 5. The van der Waals surface area contributed by atoms with Crippen LogP contribution in [0.25, 0.3) is 0 Å². The Kier molecular flexibility index (Phi) is 5.50. The van der Waals surface area contributed by atoms with E-state index in [0.29, 0.717) is 18.7 Å². The van der Waals surface area contributed by atoms with Gasteiger partial charge in [-0.25, -0.2) is 4.39 Å². The predicted molar refractivity (Wildman–Crippen MR) is 66.9 cm³/mol. The Balaban J connectivity index is 2.81. The summed E-state index contributed by atoms with van der Waals surface area (Å²) in [5.41, 5.74) is -1.52. The molecule has 7 heteroatoms. The predicted octanol–water partition coefficient (Wildman–Crippen LogP) is 2.57. The standard InChI is InChI=1S/C13H16F4N2O/c1-3-18-8(2)7-19-12(20)9-4-10(13(15,16)17)6-11(14)5-9/h4-6,8,18H,3,7H2,1-2H3,(H,19,20)/t8-/m1/s1. The minimum Gasteiger partial charge on any atom is -0.350 e. The van der Waals surface area contributed by atoms with Gasteiger partial charge in [0.15, 0.2) is 0 Å². The van der Waals surface area contributed by atoms with E-state index >= 15 is 0 Å². The minimum atomic E-state index is -4.69. The molecule has 0 fully saturated rings. The summed E-state index contributed by atoms with van der Waals surface area (Å²) in [5, 5.41) is 5.48. The van der Waals surface area contributed by atoms with Crippen molar-refractivity contribution in [1.82, 2.24) is 10.6 Å². The fourth-order valence-corrected chi connectivity index (χ4v) is 1.65. The maximum absolute atomic E-state index is 13.1. The highest BCUT2D eigenvalue weighted by Gasteiger charge is 2.31. The van der Waals surface area contributed by atoms with Crippen LogP contribution < -0.4 is 10.6 Å². The number of carbonyl (C=O) groups excluding carboxylic acids is 1. The molecule has 0 aliphatic rings. The van der Waals surface area contributed by atoms with E-state index in [1.165, 1.54) is 0 Å². The van der Waals surface area contributed by atoms with Gasteiger partial charge in [0.2, 0.25) is 0 Å². The number of likely N-dealkylation sites (N-methyl/N-ethyl adjacent to an activating group) is 1. The number of carbonyl (C=O) groups is 1. The number of nitrogens with one attached hydrogen (secondary N) is 2. The van der Waals surface area contributed by atoms with Crippen molar-refractivity contribution in [3.8, 4) is 0 Å². The fourth-order valence-electron chi connectivity index (χ4n) is 1.65. The third kappa shape index (κ3) is 4.80. The maximum Gasteiger partial charge on any atom is 0.416 e. The van der Waals surface area contributed by atoms with E-state index < -0.39 is 23.5 Å². The quantitative estimate of drug-likeness (QED) is 0.819. The van der Waals surface area contributed by atoms with E-state index in [1.54, 1.807) is 0 Å². The van der Waals surface area contributed by atoms with Crippen molar-refractivity contribution in [3.05, 3.63) is 35.1 Å². The molecule has 20 heavy (non-hydrogen) atoms. The first-order valence-corrected chi connectivity index (χ1v) is 6.13. The Morgan fingerprint density at radius 3 is 2.50 bits per heavy atom. The van der Waals surface area contributed by atoms with Crippen LogP contribution in [-0.2, 0) is 6.18 Å². The number of halogens is 4. The molecule has 0 saturated heterocycles. The van der Waals surface area contributed by atoms with Crippen molar-refractivity contribution in [2.24, 2.45) is 0 Å². The third-order valence-corrected chi connectivity index (χ3v) is 2.61. The number of amides is 1. The van der Waals surface area contributed by atoms with Gasteiger partial charge in [0.1, 0.15) is 5.82 Å². The third-order valence-electron chi connectivity index (χ3n) is 2.61.